The number of amides is 1. The molecule has 0 saturated carbocycles. The number of hydrogen-bond acceptors (Lipinski definition) is 3. The standard InChI is InChI=1S/C17H25NO3/c1-17(2,11-13-6-8-21-9-7-13)16(20)18-15-5-3-4-14(10-15)12-19/h3-5,10,13,19H,6-9,11-12H2,1-2H3,(H,18,20). The summed E-state index contributed by atoms with van der Waals surface area (Å²) in [6.45, 7) is 5.58. The Morgan fingerprint density at radius 3 is 2.76 bits per heavy atom. The number of nitrogens with one attached hydrogen (secondary N) is 1. The van der Waals surface area contributed by atoms with Crippen molar-refractivity contribution < 1.29 is 14.6 Å². The first-order valence-electron chi connectivity index (χ1n) is 7.60. The molecule has 0 atom stereocenters. The van der Waals surface area contributed by atoms with Crippen molar-refractivity contribution in [2.24, 2.45) is 11.3 Å². The molecule has 0 spiro atoms. The van der Waals surface area contributed by atoms with E-state index in [0.29, 0.717) is 5.92 Å². The molecule has 4 nitrogen and oxygen atoms in total. The molecular formula is C17H25NO3. The number of hydrogen-bond donors (Lipinski definition) is 2. The highest BCUT2D eigenvalue weighted by Crippen LogP contribution is 2.32. The molecule has 2 N–H and O–H groups in total. The fraction of sp³-hybridized carbons (Fsp3) is 0.588. The van der Waals surface area contributed by atoms with Gasteiger partial charge in [-0.3, -0.25) is 4.79 Å². The summed E-state index contributed by atoms with van der Waals surface area (Å²) in [7, 11) is 0. The van der Waals surface area contributed by atoms with Gasteiger partial charge in [0.25, 0.3) is 0 Å². The van der Waals surface area contributed by atoms with E-state index in [4.69, 9.17) is 9.84 Å². The molecule has 1 heterocycles. The topological polar surface area (TPSA) is 58.6 Å². The minimum atomic E-state index is -0.406. The van der Waals surface area contributed by atoms with E-state index in [-0.39, 0.29) is 12.5 Å². The summed E-state index contributed by atoms with van der Waals surface area (Å²) < 4.78 is 5.37. The number of ether oxygens (including phenoxy) is 1. The molecule has 1 aliphatic rings. The van der Waals surface area contributed by atoms with Gasteiger partial charge >= 0.3 is 0 Å². The Morgan fingerprint density at radius 1 is 1.38 bits per heavy atom. The first kappa shape index (κ1) is 16.0. The van der Waals surface area contributed by atoms with Crippen LogP contribution in [0.3, 0.4) is 0 Å². The number of anilines is 1. The lowest BCUT2D eigenvalue weighted by atomic mass is 9.79. The van der Waals surface area contributed by atoms with E-state index in [1.807, 2.05) is 38.1 Å². The fourth-order valence-corrected chi connectivity index (χ4v) is 2.81. The summed E-state index contributed by atoms with van der Waals surface area (Å²) in [6.07, 6.45) is 2.95. The highest BCUT2D eigenvalue weighted by atomic mass is 16.5. The second-order valence-electron chi connectivity index (χ2n) is 6.46. The first-order chi connectivity index (χ1) is 10.0. The summed E-state index contributed by atoms with van der Waals surface area (Å²) in [4.78, 5) is 12.5. The quantitative estimate of drug-likeness (QED) is 0.877. The van der Waals surface area contributed by atoms with Crippen molar-refractivity contribution in [1.82, 2.24) is 0 Å². The van der Waals surface area contributed by atoms with Crippen LogP contribution < -0.4 is 5.32 Å². The van der Waals surface area contributed by atoms with E-state index in [1.54, 1.807) is 0 Å². The Morgan fingerprint density at radius 2 is 2.10 bits per heavy atom. The molecule has 0 radical (unpaired) electrons. The Balaban J connectivity index is 1.96. The highest BCUT2D eigenvalue weighted by molar-refractivity contribution is 5.94. The van der Waals surface area contributed by atoms with Crippen molar-refractivity contribution in [3.8, 4) is 0 Å². The van der Waals surface area contributed by atoms with Gasteiger partial charge in [0.2, 0.25) is 5.91 Å². The van der Waals surface area contributed by atoms with E-state index in [2.05, 4.69) is 5.32 Å². The first-order valence-corrected chi connectivity index (χ1v) is 7.60. The number of carbonyl (C=O) groups is 1. The second kappa shape index (κ2) is 7.05. The Hall–Kier alpha value is -1.39. The average molecular weight is 291 g/mol. The molecule has 1 aromatic rings. The zero-order chi connectivity index (χ0) is 15.3. The summed E-state index contributed by atoms with van der Waals surface area (Å²) in [5.41, 5.74) is 1.14. The number of rotatable bonds is 5. The third-order valence-electron chi connectivity index (χ3n) is 4.12. The van der Waals surface area contributed by atoms with Gasteiger partial charge in [0.05, 0.1) is 6.61 Å². The van der Waals surface area contributed by atoms with Crippen LogP contribution in [0.2, 0.25) is 0 Å². The largest absolute Gasteiger partial charge is 0.392 e. The minimum absolute atomic E-state index is 0.0187. The van der Waals surface area contributed by atoms with Crippen LogP contribution in [-0.4, -0.2) is 24.2 Å². The number of aliphatic hydroxyl groups excluding tert-OH is 1. The Labute approximate surface area is 126 Å². The van der Waals surface area contributed by atoms with Crippen LogP contribution in [0.5, 0.6) is 0 Å². The van der Waals surface area contributed by atoms with Gasteiger partial charge in [-0.05, 0) is 42.9 Å². The van der Waals surface area contributed by atoms with Gasteiger partial charge in [0.15, 0.2) is 0 Å². The van der Waals surface area contributed by atoms with Gasteiger partial charge in [-0.15, -0.1) is 0 Å². The van der Waals surface area contributed by atoms with Gasteiger partial charge in [-0.1, -0.05) is 26.0 Å². The number of carbonyl (C=O) groups excluding carboxylic acids is 1. The normalized spacial score (nSPS) is 16.7. The van der Waals surface area contributed by atoms with Crippen molar-refractivity contribution in [2.75, 3.05) is 18.5 Å². The van der Waals surface area contributed by atoms with Crippen LogP contribution in [0, 0.1) is 11.3 Å². The van der Waals surface area contributed by atoms with E-state index in [9.17, 15) is 4.79 Å². The van der Waals surface area contributed by atoms with Crippen LogP contribution in [0.15, 0.2) is 24.3 Å². The molecule has 1 fully saturated rings. The Kier molecular flexibility index (Phi) is 5.37. The lowest BCUT2D eigenvalue weighted by molar-refractivity contribution is -0.125. The maximum absolute atomic E-state index is 12.5. The zero-order valence-corrected chi connectivity index (χ0v) is 12.9. The maximum Gasteiger partial charge on any atom is 0.230 e. The molecule has 4 heteroatoms. The van der Waals surface area contributed by atoms with E-state index >= 15 is 0 Å². The molecule has 1 aliphatic heterocycles. The van der Waals surface area contributed by atoms with Crippen LogP contribution in [0.25, 0.3) is 0 Å². The molecule has 0 bridgehead atoms. The number of benzene rings is 1. The second-order valence-corrected chi connectivity index (χ2v) is 6.46. The molecule has 1 saturated heterocycles. The fourth-order valence-electron chi connectivity index (χ4n) is 2.81. The SMILES string of the molecule is CC(C)(CC1CCOCC1)C(=O)Nc1cccc(CO)c1. The predicted molar refractivity (Wildman–Crippen MR) is 82.9 cm³/mol. The molecule has 1 amide bonds. The maximum atomic E-state index is 12.5. The monoisotopic (exact) mass is 291 g/mol. The van der Waals surface area contributed by atoms with Gasteiger partial charge < -0.3 is 15.2 Å². The van der Waals surface area contributed by atoms with Gasteiger partial charge in [0.1, 0.15) is 0 Å². The molecule has 0 aliphatic carbocycles. The summed E-state index contributed by atoms with van der Waals surface area (Å²) >= 11 is 0. The van der Waals surface area contributed by atoms with Crippen molar-refractivity contribution in [1.29, 1.82) is 0 Å². The smallest absolute Gasteiger partial charge is 0.230 e. The van der Waals surface area contributed by atoms with E-state index in [1.165, 1.54) is 0 Å². The van der Waals surface area contributed by atoms with Gasteiger partial charge in [-0.25, -0.2) is 0 Å². The van der Waals surface area contributed by atoms with Crippen LogP contribution in [0.4, 0.5) is 5.69 Å². The molecule has 116 valence electrons. The molecule has 21 heavy (non-hydrogen) atoms. The average Bonchev–Trinajstić information content (AvgIpc) is 2.48. The van der Waals surface area contributed by atoms with Crippen molar-refractivity contribution in [2.45, 2.75) is 39.7 Å². The van der Waals surface area contributed by atoms with E-state index in [0.717, 1.165) is 43.7 Å². The lowest BCUT2D eigenvalue weighted by Gasteiger charge is -2.30. The lowest BCUT2D eigenvalue weighted by Crippen LogP contribution is -2.34. The molecule has 1 aromatic carbocycles. The number of aliphatic hydroxyl groups is 1. The van der Waals surface area contributed by atoms with Gasteiger partial charge in [-0.2, -0.15) is 0 Å². The summed E-state index contributed by atoms with van der Waals surface area (Å²) in [5, 5.41) is 12.1. The highest BCUT2D eigenvalue weighted by Gasteiger charge is 2.31. The van der Waals surface area contributed by atoms with Crippen LogP contribution in [0.1, 0.15) is 38.7 Å². The van der Waals surface area contributed by atoms with Crippen LogP contribution in [-0.2, 0) is 16.1 Å². The zero-order valence-electron chi connectivity index (χ0n) is 12.9. The molecule has 0 unspecified atom stereocenters. The Bertz CT molecular complexity index is 479. The predicted octanol–water partition coefficient (Wildman–Crippen LogP) is 2.96. The van der Waals surface area contributed by atoms with Gasteiger partial charge in [0, 0.05) is 24.3 Å². The molecule has 0 aromatic heterocycles. The summed E-state index contributed by atoms with van der Waals surface area (Å²) in [6, 6.07) is 7.33. The third kappa shape index (κ3) is 4.55. The molecule has 2 rings (SSSR count). The minimum Gasteiger partial charge on any atom is -0.392 e. The van der Waals surface area contributed by atoms with Crippen molar-refractivity contribution >= 4 is 11.6 Å². The van der Waals surface area contributed by atoms with Crippen molar-refractivity contribution in [3.63, 3.8) is 0 Å². The summed E-state index contributed by atoms with van der Waals surface area (Å²) in [5.74, 6) is 0.590. The molecular weight excluding hydrogens is 266 g/mol. The van der Waals surface area contributed by atoms with Crippen molar-refractivity contribution in [3.05, 3.63) is 29.8 Å². The van der Waals surface area contributed by atoms with Crippen LogP contribution >= 0.6 is 0 Å². The third-order valence-corrected chi connectivity index (χ3v) is 4.12. The van der Waals surface area contributed by atoms with E-state index < -0.39 is 5.41 Å².